The van der Waals surface area contributed by atoms with E-state index >= 15 is 0 Å². The Morgan fingerprint density at radius 3 is 2.74 bits per heavy atom. The third kappa shape index (κ3) is 3.37. The largest absolute Gasteiger partial charge is 0.351 e. The molecule has 0 spiro atoms. The summed E-state index contributed by atoms with van der Waals surface area (Å²) in [6.45, 7) is 6.39. The number of anilines is 1. The maximum atomic E-state index is 5.90. The molecule has 1 N–H and O–H groups in total. The fourth-order valence-electron chi connectivity index (χ4n) is 1.52. The summed E-state index contributed by atoms with van der Waals surface area (Å²) in [5.74, 6) is 1.29. The lowest BCUT2D eigenvalue weighted by molar-refractivity contribution is 0.492. The molecule has 0 saturated heterocycles. The van der Waals surface area contributed by atoms with Crippen LogP contribution in [0.3, 0.4) is 0 Å². The Balaban J connectivity index is 2.22. The molecule has 2 unspecified atom stereocenters. The number of nitrogens with one attached hydrogen (secondary N) is 1. The van der Waals surface area contributed by atoms with Crippen molar-refractivity contribution >= 4 is 17.5 Å². The van der Waals surface area contributed by atoms with Crippen LogP contribution in [-0.4, -0.2) is 35.8 Å². The molecule has 0 bridgehead atoms. The van der Waals surface area contributed by atoms with Crippen LogP contribution in [0.15, 0.2) is 12.7 Å². The Morgan fingerprint density at radius 1 is 1.32 bits per heavy atom. The second-order valence-electron chi connectivity index (χ2n) is 4.39. The molecular weight excluding hydrogens is 266 g/mol. The number of halogens is 1. The summed E-state index contributed by atoms with van der Waals surface area (Å²) < 4.78 is 1.44. The molecule has 7 nitrogen and oxygen atoms in total. The van der Waals surface area contributed by atoms with Gasteiger partial charge >= 0.3 is 0 Å². The SMILES string of the molecule is CCC(C)C(C)Nc1nc(Cl)nc(-n2cncn2)n1. The van der Waals surface area contributed by atoms with Crippen LogP contribution < -0.4 is 5.32 Å². The Hall–Kier alpha value is -1.76. The number of hydrogen-bond acceptors (Lipinski definition) is 6. The van der Waals surface area contributed by atoms with Crippen molar-refractivity contribution in [1.82, 2.24) is 29.7 Å². The molecule has 2 atom stereocenters. The van der Waals surface area contributed by atoms with Gasteiger partial charge in [-0.2, -0.15) is 24.7 Å². The van der Waals surface area contributed by atoms with E-state index < -0.39 is 0 Å². The summed E-state index contributed by atoms with van der Waals surface area (Å²) in [6.07, 6.45) is 3.99. The van der Waals surface area contributed by atoms with E-state index in [1.807, 2.05) is 0 Å². The third-order valence-electron chi connectivity index (χ3n) is 3.07. The van der Waals surface area contributed by atoms with Crippen molar-refractivity contribution in [1.29, 1.82) is 0 Å². The predicted octanol–water partition coefficient (Wildman–Crippen LogP) is 1.95. The Labute approximate surface area is 116 Å². The molecule has 0 saturated carbocycles. The zero-order valence-corrected chi connectivity index (χ0v) is 11.8. The van der Waals surface area contributed by atoms with Gasteiger partial charge in [0.15, 0.2) is 0 Å². The summed E-state index contributed by atoms with van der Waals surface area (Å²) in [4.78, 5) is 16.2. The van der Waals surface area contributed by atoms with Gasteiger partial charge in [0.2, 0.25) is 11.2 Å². The fourth-order valence-corrected chi connectivity index (χ4v) is 1.67. The van der Waals surface area contributed by atoms with Crippen LogP contribution in [-0.2, 0) is 0 Å². The number of aromatic nitrogens is 6. The third-order valence-corrected chi connectivity index (χ3v) is 3.24. The molecule has 0 aliphatic rings. The molecule has 2 aromatic rings. The highest BCUT2D eigenvalue weighted by Gasteiger charge is 2.13. The first-order valence-corrected chi connectivity index (χ1v) is 6.51. The molecule has 0 aliphatic carbocycles. The number of nitrogens with zero attached hydrogens (tertiary/aromatic N) is 6. The van der Waals surface area contributed by atoms with E-state index in [2.05, 4.69) is 51.1 Å². The van der Waals surface area contributed by atoms with Crippen molar-refractivity contribution in [2.75, 3.05) is 5.32 Å². The molecule has 0 radical (unpaired) electrons. The minimum Gasteiger partial charge on any atom is -0.351 e. The monoisotopic (exact) mass is 281 g/mol. The number of rotatable bonds is 5. The Morgan fingerprint density at radius 2 is 2.11 bits per heavy atom. The van der Waals surface area contributed by atoms with E-state index in [-0.39, 0.29) is 11.3 Å². The van der Waals surface area contributed by atoms with Crippen molar-refractivity contribution in [3.05, 3.63) is 17.9 Å². The fraction of sp³-hybridized carbons (Fsp3) is 0.545. The highest BCUT2D eigenvalue weighted by Crippen LogP contribution is 2.14. The van der Waals surface area contributed by atoms with Crippen molar-refractivity contribution in [3.63, 3.8) is 0 Å². The molecule has 102 valence electrons. The van der Waals surface area contributed by atoms with Gasteiger partial charge in [-0.15, -0.1) is 0 Å². The van der Waals surface area contributed by atoms with Crippen molar-refractivity contribution in [3.8, 4) is 5.95 Å². The minimum absolute atomic E-state index is 0.124. The van der Waals surface area contributed by atoms with Gasteiger partial charge in [0.05, 0.1) is 0 Å². The van der Waals surface area contributed by atoms with Gasteiger partial charge in [0.1, 0.15) is 12.7 Å². The van der Waals surface area contributed by atoms with E-state index in [0.717, 1.165) is 6.42 Å². The summed E-state index contributed by atoms with van der Waals surface area (Å²) in [7, 11) is 0. The van der Waals surface area contributed by atoms with Gasteiger partial charge in [-0.25, -0.2) is 4.98 Å². The summed E-state index contributed by atoms with van der Waals surface area (Å²) in [5, 5.41) is 7.32. The molecule has 8 heteroatoms. The van der Waals surface area contributed by atoms with Crippen LogP contribution in [0.25, 0.3) is 5.95 Å². The first kappa shape index (κ1) is 13.7. The van der Waals surface area contributed by atoms with Crippen LogP contribution >= 0.6 is 11.6 Å². The average Bonchev–Trinajstić information content (AvgIpc) is 2.90. The molecule has 2 rings (SSSR count). The lowest BCUT2D eigenvalue weighted by atomic mass is 10.0. The molecule has 19 heavy (non-hydrogen) atoms. The van der Waals surface area contributed by atoms with E-state index in [9.17, 15) is 0 Å². The van der Waals surface area contributed by atoms with Gasteiger partial charge in [0, 0.05) is 6.04 Å². The molecular formula is C11H16ClN7. The maximum Gasteiger partial charge on any atom is 0.258 e. The standard InChI is InChI=1S/C11H16ClN7/c1-4-7(2)8(3)15-10-16-9(12)17-11(18-10)19-6-13-5-14-19/h5-8H,4H2,1-3H3,(H,15,16,17,18). The van der Waals surface area contributed by atoms with Gasteiger partial charge < -0.3 is 5.32 Å². The van der Waals surface area contributed by atoms with Gasteiger partial charge in [-0.3, -0.25) is 0 Å². The van der Waals surface area contributed by atoms with Crippen molar-refractivity contribution in [2.45, 2.75) is 33.2 Å². The van der Waals surface area contributed by atoms with Crippen LogP contribution in [0.5, 0.6) is 0 Å². The Kier molecular flexibility index (Phi) is 4.26. The number of hydrogen-bond donors (Lipinski definition) is 1. The Bertz CT molecular complexity index is 528. The predicted molar refractivity (Wildman–Crippen MR) is 72.3 cm³/mol. The van der Waals surface area contributed by atoms with E-state index in [1.165, 1.54) is 17.3 Å². The molecule has 2 heterocycles. The van der Waals surface area contributed by atoms with Crippen molar-refractivity contribution in [2.24, 2.45) is 5.92 Å². The normalized spacial score (nSPS) is 14.1. The first-order chi connectivity index (χ1) is 9.10. The maximum absolute atomic E-state index is 5.90. The van der Waals surface area contributed by atoms with E-state index in [1.54, 1.807) is 0 Å². The summed E-state index contributed by atoms with van der Waals surface area (Å²) >= 11 is 5.90. The van der Waals surface area contributed by atoms with Crippen LogP contribution in [0.2, 0.25) is 5.28 Å². The lowest BCUT2D eigenvalue weighted by Crippen LogP contribution is -2.25. The molecule has 0 amide bonds. The van der Waals surface area contributed by atoms with Gasteiger partial charge in [-0.1, -0.05) is 20.3 Å². The summed E-state index contributed by atoms with van der Waals surface area (Å²) in [5.41, 5.74) is 0. The second-order valence-corrected chi connectivity index (χ2v) is 4.72. The second kappa shape index (κ2) is 5.92. The molecule has 0 aliphatic heterocycles. The quantitative estimate of drug-likeness (QED) is 0.902. The van der Waals surface area contributed by atoms with Gasteiger partial charge in [-0.05, 0) is 24.4 Å². The summed E-state index contributed by atoms with van der Waals surface area (Å²) in [6, 6.07) is 0.243. The average molecular weight is 282 g/mol. The van der Waals surface area contributed by atoms with Crippen LogP contribution in [0.4, 0.5) is 5.95 Å². The first-order valence-electron chi connectivity index (χ1n) is 6.13. The zero-order valence-electron chi connectivity index (χ0n) is 11.1. The molecule has 2 aromatic heterocycles. The van der Waals surface area contributed by atoms with E-state index in [4.69, 9.17) is 11.6 Å². The molecule has 0 fully saturated rings. The van der Waals surface area contributed by atoms with Gasteiger partial charge in [0.25, 0.3) is 5.95 Å². The van der Waals surface area contributed by atoms with Crippen molar-refractivity contribution < 1.29 is 0 Å². The highest BCUT2D eigenvalue weighted by molar-refractivity contribution is 6.28. The zero-order chi connectivity index (χ0) is 13.8. The topological polar surface area (TPSA) is 81.4 Å². The van der Waals surface area contributed by atoms with Crippen LogP contribution in [0, 0.1) is 5.92 Å². The highest BCUT2D eigenvalue weighted by atomic mass is 35.5. The smallest absolute Gasteiger partial charge is 0.258 e. The van der Waals surface area contributed by atoms with E-state index in [0.29, 0.717) is 17.8 Å². The minimum atomic E-state index is 0.124. The molecule has 0 aromatic carbocycles. The van der Waals surface area contributed by atoms with Crippen LogP contribution in [0.1, 0.15) is 27.2 Å². The lowest BCUT2D eigenvalue weighted by Gasteiger charge is -2.19.